The van der Waals surface area contributed by atoms with E-state index in [2.05, 4.69) is 5.10 Å². The largest absolute Gasteiger partial charge is 0.478 e. The van der Waals surface area contributed by atoms with Gasteiger partial charge in [0.25, 0.3) is 0 Å². The molecule has 2 heterocycles. The first kappa shape index (κ1) is 18.6. The van der Waals surface area contributed by atoms with Gasteiger partial charge in [-0.1, -0.05) is 18.2 Å². The second-order valence-electron chi connectivity index (χ2n) is 6.64. The van der Waals surface area contributed by atoms with Gasteiger partial charge in [0, 0.05) is 13.1 Å². The van der Waals surface area contributed by atoms with E-state index in [9.17, 15) is 24.8 Å². The predicted molar refractivity (Wildman–Crippen MR) is 95.3 cm³/mol. The van der Waals surface area contributed by atoms with E-state index < -0.39 is 10.9 Å². The number of carboxylic acid groups (broad SMARTS) is 1. The fraction of sp³-hybridized carbons (Fsp3) is 0.389. The number of amides is 1. The molecule has 1 aromatic heterocycles. The van der Waals surface area contributed by atoms with Crippen molar-refractivity contribution in [2.24, 2.45) is 5.92 Å². The molecule has 1 amide bonds. The van der Waals surface area contributed by atoms with E-state index in [0.717, 1.165) is 24.6 Å². The Morgan fingerprint density at radius 1 is 1.26 bits per heavy atom. The highest BCUT2D eigenvalue weighted by Crippen LogP contribution is 2.24. The van der Waals surface area contributed by atoms with Crippen molar-refractivity contribution in [1.29, 1.82) is 0 Å². The molecule has 142 valence electrons. The predicted octanol–water partition coefficient (Wildman–Crippen LogP) is 1.97. The van der Waals surface area contributed by atoms with Gasteiger partial charge in [-0.25, -0.2) is 4.79 Å². The van der Waals surface area contributed by atoms with Gasteiger partial charge in [-0.15, -0.1) is 0 Å². The van der Waals surface area contributed by atoms with Gasteiger partial charge in [0.2, 0.25) is 5.91 Å². The molecule has 0 saturated carbocycles. The maximum absolute atomic E-state index is 12.4. The summed E-state index contributed by atoms with van der Waals surface area (Å²) in [5, 5.41) is 23.8. The van der Waals surface area contributed by atoms with Crippen LogP contribution in [0.3, 0.4) is 0 Å². The average Bonchev–Trinajstić information content (AvgIpc) is 3.11. The highest BCUT2D eigenvalue weighted by molar-refractivity contribution is 5.89. The summed E-state index contributed by atoms with van der Waals surface area (Å²) in [5.41, 5.74) is 1.01. The van der Waals surface area contributed by atoms with Crippen LogP contribution in [0.2, 0.25) is 0 Å². The summed E-state index contributed by atoms with van der Waals surface area (Å²) in [6.07, 6.45) is 4.63. The lowest BCUT2D eigenvalue weighted by molar-refractivity contribution is -0.385. The molecule has 3 rings (SSSR count). The summed E-state index contributed by atoms with van der Waals surface area (Å²) < 4.78 is 1.27. The van der Waals surface area contributed by atoms with E-state index in [1.807, 2.05) is 12.1 Å². The fourth-order valence-electron chi connectivity index (χ4n) is 3.38. The second kappa shape index (κ2) is 7.98. The van der Waals surface area contributed by atoms with Crippen molar-refractivity contribution in [3.05, 3.63) is 57.9 Å². The van der Waals surface area contributed by atoms with Crippen LogP contribution in [0.25, 0.3) is 0 Å². The Bertz CT molecular complexity index is 855. The molecule has 9 heteroatoms. The minimum atomic E-state index is -0.925. The summed E-state index contributed by atoms with van der Waals surface area (Å²) in [6.45, 7) is 1.14. The molecule has 2 aromatic rings. The number of hydrogen-bond acceptors (Lipinski definition) is 5. The molecule has 0 atom stereocenters. The Morgan fingerprint density at radius 3 is 2.59 bits per heavy atom. The number of carboxylic acids is 1. The second-order valence-corrected chi connectivity index (χ2v) is 6.64. The van der Waals surface area contributed by atoms with Crippen molar-refractivity contribution in [3.8, 4) is 0 Å². The number of rotatable bonds is 6. The van der Waals surface area contributed by atoms with Gasteiger partial charge >= 0.3 is 11.7 Å². The summed E-state index contributed by atoms with van der Waals surface area (Å²) in [7, 11) is 0. The minimum absolute atomic E-state index is 0.0274. The van der Waals surface area contributed by atoms with Gasteiger partial charge in [-0.2, -0.15) is 5.10 Å². The number of piperidine rings is 1. The molecule has 1 saturated heterocycles. The third kappa shape index (κ3) is 4.49. The van der Waals surface area contributed by atoms with Crippen LogP contribution in [0.5, 0.6) is 0 Å². The summed E-state index contributed by atoms with van der Waals surface area (Å²) >= 11 is 0. The molecule has 1 aliphatic heterocycles. The number of aromatic nitrogens is 2. The van der Waals surface area contributed by atoms with Crippen LogP contribution >= 0.6 is 0 Å². The van der Waals surface area contributed by atoms with E-state index in [0.29, 0.717) is 31.0 Å². The Labute approximate surface area is 155 Å². The summed E-state index contributed by atoms with van der Waals surface area (Å²) in [6, 6.07) is 7.00. The molecule has 0 radical (unpaired) electrons. The zero-order chi connectivity index (χ0) is 19.4. The lowest BCUT2D eigenvalue weighted by Gasteiger charge is -2.32. The van der Waals surface area contributed by atoms with Gasteiger partial charge in [0.1, 0.15) is 18.9 Å². The topological polar surface area (TPSA) is 119 Å². The molecule has 1 aliphatic rings. The molecule has 1 N–H and O–H groups in total. The molecule has 0 spiro atoms. The quantitative estimate of drug-likeness (QED) is 0.612. The number of nitro groups is 1. The van der Waals surface area contributed by atoms with E-state index in [1.165, 1.54) is 10.9 Å². The van der Waals surface area contributed by atoms with Crippen LogP contribution in [0.15, 0.2) is 36.7 Å². The molecular weight excluding hydrogens is 352 g/mol. The van der Waals surface area contributed by atoms with E-state index in [1.54, 1.807) is 17.0 Å². The first-order valence-corrected chi connectivity index (χ1v) is 8.70. The number of aromatic carboxylic acids is 1. The molecular formula is C18H20N4O5. The number of carbonyl (C=O) groups excluding carboxylic acids is 1. The van der Waals surface area contributed by atoms with Crippen LogP contribution in [0, 0.1) is 16.0 Å². The Balaban J connectivity index is 1.53. The number of benzene rings is 1. The molecule has 0 aliphatic carbocycles. The smallest absolute Gasteiger partial charge is 0.335 e. The lowest BCUT2D eigenvalue weighted by Crippen LogP contribution is -2.40. The molecule has 0 bridgehead atoms. The summed E-state index contributed by atoms with van der Waals surface area (Å²) in [5.74, 6) is -0.732. The molecule has 9 nitrogen and oxygen atoms in total. The van der Waals surface area contributed by atoms with Gasteiger partial charge in [0.15, 0.2) is 0 Å². The first-order valence-electron chi connectivity index (χ1n) is 8.70. The highest BCUT2D eigenvalue weighted by Gasteiger charge is 2.24. The maximum Gasteiger partial charge on any atom is 0.335 e. The summed E-state index contributed by atoms with van der Waals surface area (Å²) in [4.78, 5) is 35.5. The standard InChI is InChI=1S/C18H20N4O5/c23-17(12-21-11-15(10-19-21)22(26)27)20-7-5-13(6-8-20)9-14-3-1-2-4-16(14)18(24)25/h1-4,10-11,13H,5-9,12H2,(H,24,25). The normalized spacial score (nSPS) is 14.9. The van der Waals surface area contributed by atoms with Crippen molar-refractivity contribution < 1.29 is 19.6 Å². The Hall–Kier alpha value is -3.23. The van der Waals surface area contributed by atoms with Crippen LogP contribution < -0.4 is 0 Å². The third-order valence-corrected chi connectivity index (χ3v) is 4.85. The number of likely N-dealkylation sites (tertiary alicyclic amines) is 1. The van der Waals surface area contributed by atoms with Crippen molar-refractivity contribution in [2.45, 2.75) is 25.8 Å². The van der Waals surface area contributed by atoms with Gasteiger partial charge < -0.3 is 10.0 Å². The van der Waals surface area contributed by atoms with E-state index in [-0.39, 0.29) is 18.1 Å². The van der Waals surface area contributed by atoms with Gasteiger partial charge in [-0.3, -0.25) is 19.6 Å². The Kier molecular flexibility index (Phi) is 5.49. The third-order valence-electron chi connectivity index (χ3n) is 4.85. The minimum Gasteiger partial charge on any atom is -0.478 e. The zero-order valence-electron chi connectivity index (χ0n) is 14.7. The van der Waals surface area contributed by atoms with Crippen molar-refractivity contribution in [3.63, 3.8) is 0 Å². The first-order chi connectivity index (χ1) is 12.9. The highest BCUT2D eigenvalue weighted by atomic mass is 16.6. The van der Waals surface area contributed by atoms with Gasteiger partial charge in [0.05, 0.1) is 10.5 Å². The molecule has 0 unspecified atom stereocenters. The van der Waals surface area contributed by atoms with Gasteiger partial charge in [-0.05, 0) is 36.8 Å². The molecule has 1 fully saturated rings. The maximum atomic E-state index is 12.4. The Morgan fingerprint density at radius 2 is 1.96 bits per heavy atom. The lowest BCUT2D eigenvalue weighted by atomic mass is 9.88. The van der Waals surface area contributed by atoms with Crippen LogP contribution in [0.1, 0.15) is 28.8 Å². The molecule has 27 heavy (non-hydrogen) atoms. The van der Waals surface area contributed by atoms with Crippen LogP contribution in [-0.2, 0) is 17.8 Å². The number of carbonyl (C=O) groups is 2. The van der Waals surface area contributed by atoms with Crippen molar-refractivity contribution in [1.82, 2.24) is 14.7 Å². The van der Waals surface area contributed by atoms with E-state index in [4.69, 9.17) is 0 Å². The van der Waals surface area contributed by atoms with Crippen molar-refractivity contribution >= 4 is 17.6 Å². The number of nitrogens with zero attached hydrogens (tertiary/aromatic N) is 4. The SMILES string of the molecule is O=C(O)c1ccccc1CC1CCN(C(=O)Cn2cc([N+](=O)[O-])cn2)CC1. The van der Waals surface area contributed by atoms with Crippen LogP contribution in [0.4, 0.5) is 5.69 Å². The van der Waals surface area contributed by atoms with E-state index >= 15 is 0 Å². The van der Waals surface area contributed by atoms with Crippen LogP contribution in [-0.4, -0.2) is 49.7 Å². The average molecular weight is 372 g/mol. The molecule has 1 aromatic carbocycles. The van der Waals surface area contributed by atoms with Crippen molar-refractivity contribution in [2.75, 3.05) is 13.1 Å². The monoisotopic (exact) mass is 372 g/mol. The number of hydrogen-bond donors (Lipinski definition) is 1. The zero-order valence-corrected chi connectivity index (χ0v) is 14.7. The fourth-order valence-corrected chi connectivity index (χ4v) is 3.38.